The van der Waals surface area contributed by atoms with Crippen molar-refractivity contribution in [3.8, 4) is 0 Å². The third kappa shape index (κ3) is 2.52. The van der Waals surface area contributed by atoms with Gasteiger partial charge in [0.25, 0.3) is 0 Å². The highest BCUT2D eigenvalue weighted by atomic mass is 14.9. The first-order chi connectivity index (χ1) is 9.33. The number of aryl methyl sites for hydroxylation is 1. The van der Waals surface area contributed by atoms with Crippen LogP contribution in [-0.2, 0) is 0 Å². The second-order valence-electron chi connectivity index (χ2n) is 4.43. The van der Waals surface area contributed by atoms with Crippen LogP contribution in [0.25, 0.3) is 23.1 Å². The average molecular weight is 246 g/mol. The monoisotopic (exact) mass is 246 g/mol. The van der Waals surface area contributed by atoms with Crippen molar-refractivity contribution < 1.29 is 0 Å². The predicted octanol–water partition coefficient (Wildman–Crippen LogP) is 4.11. The number of para-hydroxylation sites is 1. The molecule has 1 aromatic heterocycles. The normalized spacial score (nSPS) is 11.2. The number of rotatable bonds is 2. The van der Waals surface area contributed by atoms with E-state index in [9.17, 15) is 0 Å². The molecule has 0 aliphatic heterocycles. The summed E-state index contributed by atoms with van der Waals surface area (Å²) in [5.41, 5.74) is 3.15. The van der Waals surface area contributed by atoms with E-state index in [-0.39, 0.29) is 0 Å². The number of fused-ring (bicyclic) bond motifs is 1. The van der Waals surface area contributed by atoms with Gasteiger partial charge in [-0.1, -0.05) is 54.6 Å². The smallest absolute Gasteiger partial charge is 0.152 e. The number of hydrogen-bond acceptors (Lipinski definition) is 2. The first-order valence-corrected chi connectivity index (χ1v) is 6.29. The zero-order chi connectivity index (χ0) is 13.1. The summed E-state index contributed by atoms with van der Waals surface area (Å²) < 4.78 is 0. The van der Waals surface area contributed by atoms with Gasteiger partial charge in [-0.15, -0.1) is 0 Å². The molecule has 2 nitrogen and oxygen atoms in total. The molecule has 0 bridgehead atoms. The number of nitrogens with zero attached hydrogens (tertiary/aromatic N) is 2. The molecule has 3 rings (SSSR count). The molecule has 1 heterocycles. The minimum atomic E-state index is 0.750. The van der Waals surface area contributed by atoms with Crippen LogP contribution in [0.2, 0.25) is 0 Å². The Kier molecular flexibility index (Phi) is 3.07. The van der Waals surface area contributed by atoms with Crippen molar-refractivity contribution in [2.24, 2.45) is 0 Å². The molecule has 0 atom stereocenters. The Balaban J connectivity index is 2.00. The summed E-state index contributed by atoms with van der Waals surface area (Å²) >= 11 is 0. The number of hydrogen-bond donors (Lipinski definition) is 0. The Labute approximate surface area is 112 Å². The first-order valence-electron chi connectivity index (χ1n) is 6.29. The van der Waals surface area contributed by atoms with Gasteiger partial charge < -0.3 is 0 Å². The quantitative estimate of drug-likeness (QED) is 0.680. The van der Waals surface area contributed by atoms with Crippen LogP contribution >= 0.6 is 0 Å². The molecule has 0 spiro atoms. The summed E-state index contributed by atoms with van der Waals surface area (Å²) in [6.45, 7) is 2.02. The molecule has 0 aliphatic rings. The largest absolute Gasteiger partial charge is 0.233 e. The SMILES string of the molecule is Cc1nc(/C=C/c2ccccc2)nc2ccccc12. The van der Waals surface area contributed by atoms with Crippen LogP contribution in [0.15, 0.2) is 54.6 Å². The topological polar surface area (TPSA) is 25.8 Å². The van der Waals surface area contributed by atoms with Gasteiger partial charge in [-0.2, -0.15) is 0 Å². The molecule has 0 aliphatic carbocycles. The highest BCUT2D eigenvalue weighted by Crippen LogP contribution is 2.15. The van der Waals surface area contributed by atoms with E-state index in [0.717, 1.165) is 28.0 Å². The van der Waals surface area contributed by atoms with Gasteiger partial charge in [-0.05, 0) is 24.6 Å². The fraction of sp³-hybridized carbons (Fsp3) is 0.0588. The Hall–Kier alpha value is -2.48. The number of aromatic nitrogens is 2. The van der Waals surface area contributed by atoms with Crippen molar-refractivity contribution in [3.05, 3.63) is 71.7 Å². The summed E-state index contributed by atoms with van der Waals surface area (Å²) in [5.74, 6) is 0.750. The molecule has 92 valence electrons. The molecule has 0 fully saturated rings. The van der Waals surface area contributed by atoms with Crippen molar-refractivity contribution in [2.75, 3.05) is 0 Å². The van der Waals surface area contributed by atoms with Crippen LogP contribution in [0.1, 0.15) is 17.1 Å². The molecule has 2 heteroatoms. The molecule has 19 heavy (non-hydrogen) atoms. The van der Waals surface area contributed by atoms with Gasteiger partial charge in [0.1, 0.15) is 0 Å². The predicted molar refractivity (Wildman–Crippen MR) is 79.6 cm³/mol. The van der Waals surface area contributed by atoms with E-state index in [0.29, 0.717) is 0 Å². The minimum absolute atomic E-state index is 0.750. The van der Waals surface area contributed by atoms with Gasteiger partial charge in [-0.3, -0.25) is 0 Å². The molecule has 0 amide bonds. The molecule has 2 aromatic carbocycles. The Morgan fingerprint density at radius 2 is 1.53 bits per heavy atom. The Bertz CT molecular complexity index is 731. The maximum atomic E-state index is 4.55. The Morgan fingerprint density at radius 3 is 2.37 bits per heavy atom. The molecular weight excluding hydrogens is 232 g/mol. The molecule has 0 saturated heterocycles. The van der Waals surface area contributed by atoms with Crippen molar-refractivity contribution in [3.63, 3.8) is 0 Å². The zero-order valence-corrected chi connectivity index (χ0v) is 10.7. The fourth-order valence-electron chi connectivity index (χ4n) is 2.07. The van der Waals surface area contributed by atoms with Crippen LogP contribution in [0.4, 0.5) is 0 Å². The van der Waals surface area contributed by atoms with Crippen molar-refractivity contribution in [2.45, 2.75) is 6.92 Å². The van der Waals surface area contributed by atoms with Crippen LogP contribution in [-0.4, -0.2) is 9.97 Å². The lowest BCUT2D eigenvalue weighted by Crippen LogP contribution is -1.92. The summed E-state index contributed by atoms with van der Waals surface area (Å²) in [6, 6.07) is 18.2. The van der Waals surface area contributed by atoms with Crippen LogP contribution in [0.5, 0.6) is 0 Å². The molecule has 0 N–H and O–H groups in total. The maximum absolute atomic E-state index is 4.55. The second-order valence-corrected chi connectivity index (χ2v) is 4.43. The summed E-state index contributed by atoms with van der Waals surface area (Å²) in [6.07, 6.45) is 3.98. The van der Waals surface area contributed by atoms with Crippen LogP contribution < -0.4 is 0 Å². The summed E-state index contributed by atoms with van der Waals surface area (Å²) in [4.78, 5) is 9.07. The van der Waals surface area contributed by atoms with Gasteiger partial charge in [0.05, 0.1) is 5.52 Å². The van der Waals surface area contributed by atoms with Gasteiger partial charge in [-0.25, -0.2) is 9.97 Å². The van der Waals surface area contributed by atoms with Gasteiger partial charge in [0.2, 0.25) is 0 Å². The number of benzene rings is 2. The highest BCUT2D eigenvalue weighted by molar-refractivity contribution is 5.82. The van der Waals surface area contributed by atoms with E-state index in [1.54, 1.807) is 0 Å². The van der Waals surface area contributed by atoms with Crippen molar-refractivity contribution >= 4 is 23.1 Å². The highest BCUT2D eigenvalue weighted by Gasteiger charge is 2.01. The van der Waals surface area contributed by atoms with E-state index in [1.165, 1.54) is 0 Å². The molecule has 0 radical (unpaired) electrons. The van der Waals surface area contributed by atoms with E-state index in [2.05, 4.69) is 28.2 Å². The standard InChI is InChI=1S/C17H14N2/c1-13-15-9-5-6-10-16(15)19-17(18-13)12-11-14-7-3-2-4-8-14/h2-12H,1H3/b12-11+. The van der Waals surface area contributed by atoms with Gasteiger partial charge in [0.15, 0.2) is 5.82 Å². The van der Waals surface area contributed by atoms with Crippen LogP contribution in [0.3, 0.4) is 0 Å². The van der Waals surface area contributed by atoms with Crippen LogP contribution in [0, 0.1) is 6.92 Å². The lowest BCUT2D eigenvalue weighted by atomic mass is 10.2. The molecule has 3 aromatic rings. The average Bonchev–Trinajstić information content (AvgIpc) is 2.46. The summed E-state index contributed by atoms with van der Waals surface area (Å²) in [7, 11) is 0. The fourth-order valence-corrected chi connectivity index (χ4v) is 2.07. The first kappa shape index (κ1) is 11.6. The van der Waals surface area contributed by atoms with E-state index in [4.69, 9.17) is 0 Å². The van der Waals surface area contributed by atoms with Gasteiger partial charge in [0, 0.05) is 11.1 Å². The van der Waals surface area contributed by atoms with Gasteiger partial charge >= 0.3 is 0 Å². The van der Waals surface area contributed by atoms with Crippen molar-refractivity contribution in [1.82, 2.24) is 9.97 Å². The molecule has 0 unspecified atom stereocenters. The summed E-state index contributed by atoms with van der Waals surface area (Å²) in [5, 5.41) is 1.11. The van der Waals surface area contributed by atoms with E-state index >= 15 is 0 Å². The van der Waals surface area contributed by atoms with Crippen molar-refractivity contribution in [1.29, 1.82) is 0 Å². The van der Waals surface area contributed by atoms with E-state index in [1.807, 2.05) is 55.5 Å². The third-order valence-corrected chi connectivity index (χ3v) is 3.04. The zero-order valence-electron chi connectivity index (χ0n) is 10.7. The van der Waals surface area contributed by atoms with E-state index < -0.39 is 0 Å². The minimum Gasteiger partial charge on any atom is -0.233 e. The molecular formula is C17H14N2. The Morgan fingerprint density at radius 1 is 0.789 bits per heavy atom. The second kappa shape index (κ2) is 5.02. The molecule has 0 saturated carbocycles. The third-order valence-electron chi connectivity index (χ3n) is 3.04. The lowest BCUT2D eigenvalue weighted by Gasteiger charge is -2.02. The lowest BCUT2D eigenvalue weighted by molar-refractivity contribution is 1.12. The maximum Gasteiger partial charge on any atom is 0.152 e.